The summed E-state index contributed by atoms with van der Waals surface area (Å²) in [4.78, 5) is 12.4. The molecule has 2 nitrogen and oxygen atoms in total. The molecule has 160 valence electrons. The number of rotatable bonds is 5. The van der Waals surface area contributed by atoms with Gasteiger partial charge in [0.15, 0.2) is 23.3 Å². The van der Waals surface area contributed by atoms with E-state index >= 15 is 0 Å². The Hall–Kier alpha value is -2.12. The maximum absolute atomic E-state index is 14.0. The average molecular weight is 465 g/mol. The Kier molecular flexibility index (Phi) is 6.16. The van der Waals surface area contributed by atoms with Crippen LogP contribution in [0.15, 0.2) is 34.8 Å². The van der Waals surface area contributed by atoms with Gasteiger partial charge >= 0.3 is 5.97 Å². The SMILES string of the molecule is CC1(C)[C@H](C(=O)OCc2cccc(-c3c(F)c(F)c(F)c(F)c3F)c2)[C@@H]1C=C(Cl)Cl. The molecule has 0 heterocycles. The van der Waals surface area contributed by atoms with Gasteiger partial charge < -0.3 is 4.74 Å². The maximum Gasteiger partial charge on any atom is 0.310 e. The number of ether oxygens (including phenoxy) is 1. The molecule has 1 aliphatic carbocycles. The van der Waals surface area contributed by atoms with E-state index in [2.05, 4.69) is 0 Å². The lowest BCUT2D eigenvalue weighted by Crippen LogP contribution is -2.10. The molecule has 1 aliphatic rings. The quantitative estimate of drug-likeness (QED) is 0.213. The minimum absolute atomic E-state index is 0.0406. The Labute approximate surface area is 179 Å². The summed E-state index contributed by atoms with van der Waals surface area (Å²) < 4.78 is 73.6. The van der Waals surface area contributed by atoms with Gasteiger partial charge in [-0.05, 0) is 34.6 Å². The van der Waals surface area contributed by atoms with Crippen LogP contribution in [-0.2, 0) is 16.1 Å². The first-order chi connectivity index (χ1) is 14.0. The smallest absolute Gasteiger partial charge is 0.310 e. The number of allylic oxidation sites excluding steroid dienone is 1. The molecule has 9 heteroatoms. The summed E-state index contributed by atoms with van der Waals surface area (Å²) in [5.41, 5.74) is -1.38. The molecule has 0 unspecified atom stereocenters. The largest absolute Gasteiger partial charge is 0.461 e. The van der Waals surface area contributed by atoms with Crippen molar-refractivity contribution in [2.24, 2.45) is 17.3 Å². The van der Waals surface area contributed by atoms with E-state index in [4.69, 9.17) is 27.9 Å². The van der Waals surface area contributed by atoms with Crippen molar-refractivity contribution >= 4 is 29.2 Å². The molecule has 30 heavy (non-hydrogen) atoms. The molecule has 2 atom stereocenters. The third-order valence-corrected chi connectivity index (χ3v) is 5.53. The predicted octanol–water partition coefficient (Wildman–Crippen LogP) is 6.68. The maximum atomic E-state index is 14.0. The summed E-state index contributed by atoms with van der Waals surface area (Å²) in [5.74, 6) is -11.4. The second-order valence-electron chi connectivity index (χ2n) is 7.53. The van der Waals surface area contributed by atoms with E-state index < -0.39 is 52.0 Å². The van der Waals surface area contributed by atoms with Gasteiger partial charge in [0.2, 0.25) is 5.82 Å². The van der Waals surface area contributed by atoms with Crippen LogP contribution in [-0.4, -0.2) is 5.97 Å². The average Bonchev–Trinajstić information content (AvgIpc) is 3.22. The molecule has 2 aromatic carbocycles. The second-order valence-corrected chi connectivity index (χ2v) is 8.54. The minimum Gasteiger partial charge on any atom is -0.461 e. The van der Waals surface area contributed by atoms with Gasteiger partial charge in [-0.15, -0.1) is 0 Å². The first kappa shape index (κ1) is 22.6. The summed E-state index contributed by atoms with van der Waals surface area (Å²) in [6, 6.07) is 5.23. The highest BCUT2D eigenvalue weighted by molar-refractivity contribution is 6.55. The summed E-state index contributed by atoms with van der Waals surface area (Å²) in [7, 11) is 0. The summed E-state index contributed by atoms with van der Waals surface area (Å²) in [6.45, 7) is 3.45. The van der Waals surface area contributed by atoms with Crippen LogP contribution in [0.4, 0.5) is 22.0 Å². The highest BCUT2D eigenvalue weighted by Gasteiger charge is 2.61. The van der Waals surface area contributed by atoms with Crippen LogP contribution in [0.2, 0.25) is 0 Å². The number of hydrogen-bond acceptors (Lipinski definition) is 2. The van der Waals surface area contributed by atoms with Gasteiger partial charge in [-0.2, -0.15) is 0 Å². The topological polar surface area (TPSA) is 26.3 Å². The molecule has 0 aromatic heterocycles. The third kappa shape index (κ3) is 4.05. The summed E-state index contributed by atoms with van der Waals surface area (Å²) in [5, 5.41) is 0. The number of carbonyl (C=O) groups excluding carboxylic acids is 1. The zero-order chi connectivity index (χ0) is 22.4. The molecule has 0 N–H and O–H groups in total. The first-order valence-electron chi connectivity index (χ1n) is 8.77. The molecule has 0 aliphatic heterocycles. The van der Waals surface area contributed by atoms with E-state index in [1.807, 2.05) is 13.8 Å². The molecule has 3 rings (SSSR count). The highest BCUT2D eigenvalue weighted by atomic mass is 35.5. The number of esters is 1. The fourth-order valence-electron chi connectivity index (χ4n) is 3.49. The van der Waals surface area contributed by atoms with Crippen LogP contribution in [0.3, 0.4) is 0 Å². The van der Waals surface area contributed by atoms with Gasteiger partial charge in [-0.1, -0.05) is 55.2 Å². The number of halogens is 7. The monoisotopic (exact) mass is 464 g/mol. The summed E-state index contributed by atoms with van der Waals surface area (Å²) in [6.07, 6.45) is 1.55. The van der Waals surface area contributed by atoms with Crippen molar-refractivity contribution in [3.8, 4) is 11.1 Å². The Morgan fingerprint density at radius 3 is 2.17 bits per heavy atom. The van der Waals surface area contributed by atoms with Crippen LogP contribution in [0.25, 0.3) is 11.1 Å². The van der Waals surface area contributed by atoms with Gasteiger partial charge in [-0.3, -0.25) is 4.79 Å². The Balaban J connectivity index is 1.80. The van der Waals surface area contributed by atoms with Crippen molar-refractivity contribution in [3.63, 3.8) is 0 Å². The van der Waals surface area contributed by atoms with Crippen molar-refractivity contribution < 1.29 is 31.5 Å². The van der Waals surface area contributed by atoms with Crippen LogP contribution < -0.4 is 0 Å². The second kappa shape index (κ2) is 8.19. The number of hydrogen-bond donors (Lipinski definition) is 0. The van der Waals surface area contributed by atoms with Crippen LogP contribution in [0.1, 0.15) is 19.4 Å². The zero-order valence-electron chi connectivity index (χ0n) is 15.7. The van der Waals surface area contributed by atoms with Crippen molar-refractivity contribution in [1.29, 1.82) is 0 Å². The zero-order valence-corrected chi connectivity index (χ0v) is 17.2. The van der Waals surface area contributed by atoms with Crippen LogP contribution in [0.5, 0.6) is 0 Å². The molecule has 1 saturated carbocycles. The Bertz CT molecular complexity index is 1020. The lowest BCUT2D eigenvalue weighted by atomic mass is 10.0. The van der Waals surface area contributed by atoms with Crippen molar-refractivity contribution in [1.82, 2.24) is 0 Å². The van der Waals surface area contributed by atoms with E-state index in [1.165, 1.54) is 24.3 Å². The van der Waals surface area contributed by atoms with Crippen molar-refractivity contribution in [2.75, 3.05) is 0 Å². The fraction of sp³-hybridized carbons (Fsp3) is 0.286. The third-order valence-electron chi connectivity index (χ3n) is 5.28. The first-order valence-corrected chi connectivity index (χ1v) is 9.52. The molecule has 0 spiro atoms. The standard InChI is InChI=1S/C21H15Cl2F5O2/c1-21(2)11(7-12(22)23)14(21)20(29)30-8-9-4-3-5-10(6-9)13-15(24)17(26)19(28)18(27)16(13)25/h3-7,11,14H,8H2,1-2H3/t11-,14-/m0/s1. The van der Waals surface area contributed by atoms with E-state index in [-0.39, 0.29) is 22.6 Å². The molecule has 0 saturated heterocycles. The molecular weight excluding hydrogens is 450 g/mol. The molecular formula is C21H15Cl2F5O2. The minimum atomic E-state index is -2.23. The predicted molar refractivity (Wildman–Crippen MR) is 102 cm³/mol. The molecule has 0 amide bonds. The van der Waals surface area contributed by atoms with Gasteiger partial charge in [0.25, 0.3) is 0 Å². The Morgan fingerprint density at radius 1 is 1.03 bits per heavy atom. The molecule has 0 bridgehead atoms. The van der Waals surface area contributed by atoms with Crippen LogP contribution in [0, 0.1) is 46.3 Å². The lowest BCUT2D eigenvalue weighted by molar-refractivity contribution is -0.147. The van der Waals surface area contributed by atoms with Crippen LogP contribution >= 0.6 is 23.2 Å². The van der Waals surface area contributed by atoms with E-state index in [9.17, 15) is 26.7 Å². The highest BCUT2D eigenvalue weighted by Crippen LogP contribution is 2.60. The van der Waals surface area contributed by atoms with E-state index in [0.29, 0.717) is 5.56 Å². The molecule has 1 fully saturated rings. The van der Waals surface area contributed by atoms with E-state index in [1.54, 1.807) is 6.08 Å². The molecule has 2 aromatic rings. The van der Waals surface area contributed by atoms with Crippen molar-refractivity contribution in [3.05, 3.63) is 69.5 Å². The number of carbonyl (C=O) groups is 1. The van der Waals surface area contributed by atoms with Gasteiger partial charge in [0.1, 0.15) is 11.1 Å². The summed E-state index contributed by atoms with van der Waals surface area (Å²) >= 11 is 11.3. The van der Waals surface area contributed by atoms with Gasteiger partial charge in [-0.25, -0.2) is 22.0 Å². The fourth-order valence-corrected chi connectivity index (χ4v) is 3.77. The number of benzene rings is 2. The van der Waals surface area contributed by atoms with E-state index in [0.717, 1.165) is 0 Å². The van der Waals surface area contributed by atoms with Crippen molar-refractivity contribution in [2.45, 2.75) is 20.5 Å². The molecule has 0 radical (unpaired) electrons. The van der Waals surface area contributed by atoms with Gasteiger partial charge in [0, 0.05) is 0 Å². The lowest BCUT2D eigenvalue weighted by Gasteiger charge is -2.11. The normalized spacial score (nSPS) is 19.4. The Morgan fingerprint density at radius 2 is 1.60 bits per heavy atom. The van der Waals surface area contributed by atoms with Gasteiger partial charge in [0.05, 0.1) is 11.5 Å².